The summed E-state index contributed by atoms with van der Waals surface area (Å²) >= 11 is 0. The minimum Gasteiger partial charge on any atom is -0.488 e. The molecule has 0 saturated heterocycles. The average Bonchev–Trinajstić information content (AvgIpc) is 2.46. The molecule has 0 saturated carbocycles. The number of benzene rings is 1. The largest absolute Gasteiger partial charge is 0.488 e. The minimum absolute atomic E-state index is 0.0963. The van der Waals surface area contributed by atoms with Gasteiger partial charge in [-0.05, 0) is 30.7 Å². The summed E-state index contributed by atoms with van der Waals surface area (Å²) in [6, 6.07) is 6.52. The second-order valence-corrected chi connectivity index (χ2v) is 4.20. The second-order valence-electron chi connectivity index (χ2n) is 4.20. The topological polar surface area (TPSA) is 68.7 Å². The maximum absolute atomic E-state index is 13.3. The van der Waals surface area contributed by atoms with Crippen LogP contribution in [0.2, 0.25) is 0 Å². The van der Waals surface area contributed by atoms with Crippen LogP contribution >= 0.6 is 0 Å². The fourth-order valence-corrected chi connectivity index (χ4v) is 1.64. The van der Waals surface area contributed by atoms with E-state index >= 15 is 0 Å². The smallest absolute Gasteiger partial charge is 0.339 e. The zero-order valence-electron chi connectivity index (χ0n) is 11.4. The second kappa shape index (κ2) is 6.69. The van der Waals surface area contributed by atoms with E-state index in [-0.39, 0.29) is 17.2 Å². The molecule has 0 spiro atoms. The lowest BCUT2D eigenvalue weighted by atomic mass is 10.2. The molecule has 0 aliphatic rings. The Kier molecular flexibility index (Phi) is 4.71. The third-order valence-electron chi connectivity index (χ3n) is 2.58. The van der Waals surface area contributed by atoms with Gasteiger partial charge >= 0.3 is 5.97 Å². The van der Waals surface area contributed by atoms with Crippen molar-refractivity contribution in [3.63, 3.8) is 0 Å². The van der Waals surface area contributed by atoms with E-state index in [1.165, 1.54) is 6.20 Å². The average molecular weight is 291 g/mol. The van der Waals surface area contributed by atoms with Crippen LogP contribution in [0.4, 0.5) is 4.39 Å². The molecule has 0 unspecified atom stereocenters. The van der Waals surface area contributed by atoms with Crippen LogP contribution in [0.1, 0.15) is 23.7 Å². The van der Waals surface area contributed by atoms with Gasteiger partial charge in [-0.3, -0.25) is 0 Å². The Labute approximate surface area is 121 Å². The summed E-state index contributed by atoms with van der Waals surface area (Å²) in [6.45, 7) is 2.42. The molecule has 0 atom stereocenters. The number of rotatable bonds is 6. The fourth-order valence-electron chi connectivity index (χ4n) is 1.64. The summed E-state index contributed by atoms with van der Waals surface area (Å²) in [6.07, 6.45) is 2.28. The molecule has 5 nitrogen and oxygen atoms in total. The first-order valence-corrected chi connectivity index (χ1v) is 6.40. The molecule has 6 heteroatoms. The highest BCUT2D eigenvalue weighted by Crippen LogP contribution is 2.31. The number of nitrogens with zero attached hydrogens (tertiary/aromatic N) is 1. The molecule has 1 heterocycles. The first-order valence-electron chi connectivity index (χ1n) is 6.40. The number of aromatic nitrogens is 1. The number of carboxylic acid groups (broad SMARTS) is 1. The van der Waals surface area contributed by atoms with Crippen LogP contribution in [0.15, 0.2) is 36.5 Å². The first-order chi connectivity index (χ1) is 10.1. The van der Waals surface area contributed by atoms with Crippen LogP contribution in [0, 0.1) is 5.82 Å². The summed E-state index contributed by atoms with van der Waals surface area (Å²) < 4.78 is 24.2. The number of ether oxygens (including phenoxy) is 2. The molecule has 1 aromatic carbocycles. The van der Waals surface area contributed by atoms with Crippen molar-refractivity contribution in [2.24, 2.45) is 0 Å². The van der Waals surface area contributed by atoms with Gasteiger partial charge in [0.1, 0.15) is 17.1 Å². The first kappa shape index (κ1) is 14.8. The lowest BCUT2D eigenvalue weighted by Gasteiger charge is -2.12. The van der Waals surface area contributed by atoms with Crippen molar-refractivity contribution in [3.8, 4) is 17.4 Å². The van der Waals surface area contributed by atoms with Crippen LogP contribution < -0.4 is 9.47 Å². The van der Waals surface area contributed by atoms with Crippen molar-refractivity contribution in [3.05, 3.63) is 47.9 Å². The normalized spacial score (nSPS) is 10.2. The van der Waals surface area contributed by atoms with E-state index in [2.05, 4.69) is 4.98 Å². The van der Waals surface area contributed by atoms with Crippen molar-refractivity contribution < 1.29 is 23.8 Å². The number of carboxylic acids is 1. The van der Waals surface area contributed by atoms with E-state index in [1.807, 2.05) is 6.92 Å². The predicted octanol–water partition coefficient (Wildman–Crippen LogP) is 3.50. The number of halogens is 1. The Morgan fingerprint density at radius 2 is 2.14 bits per heavy atom. The van der Waals surface area contributed by atoms with E-state index in [9.17, 15) is 9.18 Å². The van der Waals surface area contributed by atoms with Gasteiger partial charge in [0, 0.05) is 12.3 Å². The van der Waals surface area contributed by atoms with Crippen molar-refractivity contribution in [2.75, 3.05) is 6.61 Å². The Bertz CT molecular complexity index is 645. The minimum atomic E-state index is -1.21. The van der Waals surface area contributed by atoms with Gasteiger partial charge in [0.2, 0.25) is 0 Å². The van der Waals surface area contributed by atoms with Crippen molar-refractivity contribution >= 4 is 5.97 Å². The molecular weight excluding hydrogens is 277 g/mol. The molecular formula is C15H14FNO4. The van der Waals surface area contributed by atoms with Crippen LogP contribution in [-0.4, -0.2) is 22.7 Å². The maximum Gasteiger partial charge on any atom is 0.339 e. The molecule has 0 fully saturated rings. The van der Waals surface area contributed by atoms with Crippen molar-refractivity contribution in [1.82, 2.24) is 4.98 Å². The van der Waals surface area contributed by atoms with Gasteiger partial charge in [-0.15, -0.1) is 0 Å². The van der Waals surface area contributed by atoms with Crippen molar-refractivity contribution in [1.29, 1.82) is 0 Å². The number of hydrogen-bond donors (Lipinski definition) is 1. The zero-order valence-corrected chi connectivity index (χ0v) is 11.4. The van der Waals surface area contributed by atoms with Crippen LogP contribution in [0.25, 0.3) is 0 Å². The van der Waals surface area contributed by atoms with E-state index in [4.69, 9.17) is 14.6 Å². The number of carbonyl (C=O) groups is 1. The fraction of sp³-hybridized carbons (Fsp3) is 0.200. The van der Waals surface area contributed by atoms with E-state index < -0.39 is 11.8 Å². The monoisotopic (exact) mass is 291 g/mol. The molecule has 0 amide bonds. The Balaban J connectivity index is 2.34. The Morgan fingerprint density at radius 3 is 2.86 bits per heavy atom. The van der Waals surface area contributed by atoms with Gasteiger partial charge in [-0.1, -0.05) is 6.92 Å². The number of hydrogen-bond acceptors (Lipinski definition) is 4. The summed E-state index contributed by atoms with van der Waals surface area (Å²) in [5.74, 6) is -1.46. The lowest BCUT2D eigenvalue weighted by molar-refractivity contribution is 0.0694. The quantitative estimate of drug-likeness (QED) is 0.882. The number of aromatic carboxylic acids is 1. The van der Waals surface area contributed by atoms with Gasteiger partial charge in [0.25, 0.3) is 5.88 Å². The van der Waals surface area contributed by atoms with Gasteiger partial charge in [-0.25, -0.2) is 14.2 Å². The zero-order chi connectivity index (χ0) is 15.2. The Hall–Kier alpha value is -2.63. The number of pyridine rings is 1. The molecule has 21 heavy (non-hydrogen) atoms. The molecule has 2 aromatic rings. The van der Waals surface area contributed by atoms with Crippen molar-refractivity contribution in [2.45, 2.75) is 13.3 Å². The third kappa shape index (κ3) is 3.68. The van der Waals surface area contributed by atoms with Crippen LogP contribution in [0.3, 0.4) is 0 Å². The highest BCUT2D eigenvalue weighted by Gasteiger charge is 2.15. The van der Waals surface area contributed by atoms with Gasteiger partial charge < -0.3 is 14.6 Å². The summed E-state index contributed by atoms with van der Waals surface area (Å²) in [5, 5.41) is 9.09. The van der Waals surface area contributed by atoms with E-state index in [0.29, 0.717) is 12.4 Å². The van der Waals surface area contributed by atoms with E-state index in [0.717, 1.165) is 24.6 Å². The van der Waals surface area contributed by atoms with Gasteiger partial charge in [0.05, 0.1) is 6.61 Å². The SMILES string of the molecule is CCCOc1cccnc1Oc1cc(F)ccc1C(=O)O. The van der Waals surface area contributed by atoms with Crippen LogP contribution in [-0.2, 0) is 0 Å². The molecule has 0 aliphatic carbocycles. The molecule has 110 valence electrons. The van der Waals surface area contributed by atoms with Gasteiger partial charge in [0.15, 0.2) is 5.75 Å². The summed E-state index contributed by atoms with van der Waals surface area (Å²) in [5.41, 5.74) is -0.150. The molecule has 0 bridgehead atoms. The molecule has 1 N–H and O–H groups in total. The standard InChI is InChI=1S/C15H14FNO4/c1-2-8-20-12-4-3-7-17-14(12)21-13-9-10(16)5-6-11(13)15(18)19/h3-7,9H,2,8H2,1H3,(H,18,19). The third-order valence-corrected chi connectivity index (χ3v) is 2.58. The molecule has 0 aliphatic heterocycles. The van der Waals surface area contributed by atoms with E-state index in [1.54, 1.807) is 12.1 Å². The summed E-state index contributed by atoms with van der Waals surface area (Å²) in [4.78, 5) is 15.1. The molecule has 2 rings (SSSR count). The highest BCUT2D eigenvalue weighted by molar-refractivity contribution is 5.90. The molecule has 1 aromatic heterocycles. The van der Waals surface area contributed by atoms with Gasteiger partial charge in [-0.2, -0.15) is 0 Å². The Morgan fingerprint density at radius 1 is 1.33 bits per heavy atom. The maximum atomic E-state index is 13.3. The summed E-state index contributed by atoms with van der Waals surface area (Å²) in [7, 11) is 0. The van der Waals surface area contributed by atoms with Crippen LogP contribution in [0.5, 0.6) is 17.4 Å². The highest BCUT2D eigenvalue weighted by atomic mass is 19.1. The lowest BCUT2D eigenvalue weighted by Crippen LogP contribution is -2.03. The molecule has 0 radical (unpaired) electrons. The predicted molar refractivity (Wildman–Crippen MR) is 73.5 cm³/mol.